The van der Waals surface area contributed by atoms with Crippen LogP contribution < -0.4 is 0 Å². The fourth-order valence-electron chi connectivity index (χ4n) is 6.76. The number of fused-ring (bicyclic) bond motifs is 1. The van der Waals surface area contributed by atoms with Crippen molar-refractivity contribution in [1.82, 2.24) is 9.47 Å². The number of rotatable bonds is 6. The van der Waals surface area contributed by atoms with E-state index in [4.69, 9.17) is 4.74 Å². The van der Waals surface area contributed by atoms with Crippen LogP contribution >= 0.6 is 0 Å². The fourth-order valence-corrected chi connectivity index (χ4v) is 6.76. The van der Waals surface area contributed by atoms with Crippen LogP contribution in [0.1, 0.15) is 78.2 Å². The van der Waals surface area contributed by atoms with E-state index < -0.39 is 0 Å². The molecule has 0 spiro atoms. The molecule has 5 rings (SSSR count). The molecule has 0 amide bonds. The second-order valence-electron chi connectivity index (χ2n) is 12.4. The number of para-hydroxylation sites is 1. The lowest BCUT2D eigenvalue weighted by molar-refractivity contribution is -0.119. The number of ether oxygens (including phenoxy) is 1. The molecule has 0 bridgehead atoms. The number of Topliss-reactive ketones (excluding diaryl/α,β-unsaturated/α-hetero) is 2. The van der Waals surface area contributed by atoms with Crippen molar-refractivity contribution in [3.8, 4) is 0 Å². The zero-order valence-corrected chi connectivity index (χ0v) is 22.7. The van der Waals surface area contributed by atoms with Crippen LogP contribution in [0.25, 0.3) is 10.9 Å². The third-order valence-corrected chi connectivity index (χ3v) is 8.22. The summed E-state index contributed by atoms with van der Waals surface area (Å²) in [5.41, 5.74) is 6.03. The van der Waals surface area contributed by atoms with Crippen LogP contribution in [0, 0.1) is 10.8 Å². The highest BCUT2D eigenvalue weighted by atomic mass is 16.5. The third-order valence-electron chi connectivity index (χ3n) is 8.22. The highest BCUT2D eigenvalue weighted by Gasteiger charge is 2.49. The van der Waals surface area contributed by atoms with Crippen molar-refractivity contribution >= 4 is 22.5 Å². The molecule has 0 N–H and O–H groups in total. The number of carbonyl (C=O) groups is 2. The molecule has 1 aromatic carbocycles. The number of carbonyl (C=O) groups excluding carboxylic acids is 2. The molecule has 5 heteroatoms. The van der Waals surface area contributed by atoms with Crippen LogP contribution in [0.15, 0.2) is 53.0 Å². The number of allylic oxidation sites excluding steroid dienone is 4. The van der Waals surface area contributed by atoms with E-state index in [-0.39, 0.29) is 28.3 Å². The molecule has 2 heterocycles. The van der Waals surface area contributed by atoms with Gasteiger partial charge < -0.3 is 14.2 Å². The van der Waals surface area contributed by atoms with E-state index in [9.17, 15) is 9.59 Å². The summed E-state index contributed by atoms with van der Waals surface area (Å²) in [6.45, 7) is 13.2. The first-order valence-corrected chi connectivity index (χ1v) is 13.4. The summed E-state index contributed by atoms with van der Waals surface area (Å²) in [6, 6.07) is 8.42. The number of ketones is 2. The topological polar surface area (TPSA) is 51.5 Å². The van der Waals surface area contributed by atoms with Crippen LogP contribution in [0.3, 0.4) is 0 Å². The van der Waals surface area contributed by atoms with Crippen LogP contribution in [0.5, 0.6) is 0 Å². The van der Waals surface area contributed by atoms with Gasteiger partial charge in [0.1, 0.15) is 0 Å². The number of nitrogens with zero attached hydrogens (tertiary/aromatic N) is 2. The van der Waals surface area contributed by atoms with Gasteiger partial charge in [0, 0.05) is 85.2 Å². The first-order chi connectivity index (χ1) is 17.1. The van der Waals surface area contributed by atoms with E-state index in [0.29, 0.717) is 19.4 Å². The first kappa shape index (κ1) is 25.0. The summed E-state index contributed by atoms with van der Waals surface area (Å²) in [6.07, 6.45) is 5.77. The molecular formula is C31H40N2O3. The summed E-state index contributed by atoms with van der Waals surface area (Å²) in [7, 11) is 1.73. The lowest BCUT2D eigenvalue weighted by atomic mass is 9.63. The van der Waals surface area contributed by atoms with Crippen molar-refractivity contribution in [2.24, 2.45) is 10.8 Å². The van der Waals surface area contributed by atoms with Crippen LogP contribution in [-0.4, -0.2) is 41.3 Å². The summed E-state index contributed by atoms with van der Waals surface area (Å²) < 4.78 is 7.64. The van der Waals surface area contributed by atoms with Crippen LogP contribution in [-0.2, 0) is 20.9 Å². The normalized spacial score (nSPS) is 21.9. The standard InChI is InChI=1S/C31H40N2O3/c1-7-32-19-21(20-11-8-9-12-22(20)32)27-28-23(15-30(2,3)17-25(28)34)33(13-10-14-36-6)24-16-31(4,5)18-26(35)29(24)27/h8-9,11-12,19,27H,7,10,13-18H2,1-6H3. The number of hydrogen-bond donors (Lipinski definition) is 0. The van der Waals surface area contributed by atoms with Crippen molar-refractivity contribution in [3.63, 3.8) is 0 Å². The summed E-state index contributed by atoms with van der Waals surface area (Å²) >= 11 is 0. The Morgan fingerprint density at radius 1 is 0.917 bits per heavy atom. The highest BCUT2D eigenvalue weighted by Crippen LogP contribution is 2.55. The quantitative estimate of drug-likeness (QED) is 0.443. The predicted octanol–water partition coefficient (Wildman–Crippen LogP) is 6.38. The van der Waals surface area contributed by atoms with Crippen molar-refractivity contribution in [3.05, 3.63) is 58.6 Å². The molecule has 0 atom stereocenters. The highest BCUT2D eigenvalue weighted by molar-refractivity contribution is 6.08. The van der Waals surface area contributed by atoms with Gasteiger partial charge in [0.15, 0.2) is 11.6 Å². The number of aromatic nitrogens is 1. The van der Waals surface area contributed by atoms with E-state index in [1.807, 2.05) is 0 Å². The zero-order valence-electron chi connectivity index (χ0n) is 22.7. The summed E-state index contributed by atoms with van der Waals surface area (Å²) in [5.74, 6) is 0.0968. The smallest absolute Gasteiger partial charge is 0.162 e. The maximum absolute atomic E-state index is 14.0. The van der Waals surface area contributed by atoms with Gasteiger partial charge in [0.25, 0.3) is 0 Å². The second kappa shape index (κ2) is 9.02. The maximum atomic E-state index is 14.0. The molecule has 36 heavy (non-hydrogen) atoms. The van der Waals surface area contributed by atoms with E-state index in [1.54, 1.807) is 7.11 Å². The Morgan fingerprint density at radius 2 is 1.50 bits per heavy atom. The van der Waals surface area contributed by atoms with Gasteiger partial charge in [-0.2, -0.15) is 0 Å². The molecular weight excluding hydrogens is 448 g/mol. The summed E-state index contributed by atoms with van der Waals surface area (Å²) in [4.78, 5) is 30.3. The Balaban J connectivity index is 1.79. The molecule has 5 nitrogen and oxygen atoms in total. The first-order valence-electron chi connectivity index (χ1n) is 13.4. The molecule has 0 saturated carbocycles. The molecule has 0 fully saturated rings. The summed E-state index contributed by atoms with van der Waals surface area (Å²) in [5, 5.41) is 1.14. The minimum atomic E-state index is -0.293. The van der Waals surface area contributed by atoms with Gasteiger partial charge in [0.05, 0.1) is 0 Å². The van der Waals surface area contributed by atoms with Gasteiger partial charge in [-0.3, -0.25) is 9.59 Å². The number of methoxy groups -OCH3 is 1. The Bertz CT molecular complexity index is 1240. The molecule has 1 aromatic heterocycles. The second-order valence-corrected chi connectivity index (χ2v) is 12.4. The zero-order chi connectivity index (χ0) is 25.8. The molecule has 3 aliphatic rings. The SMILES string of the molecule is CCn1cc(C2C3=C(CC(C)(C)CC3=O)N(CCCOC)C3=C2C(=O)CC(C)(C)C3)c2ccccc21. The monoisotopic (exact) mass is 488 g/mol. The lowest BCUT2D eigenvalue weighted by Crippen LogP contribution is -2.44. The molecule has 0 unspecified atom stereocenters. The van der Waals surface area contributed by atoms with Crippen molar-refractivity contribution in [2.75, 3.05) is 20.3 Å². The van der Waals surface area contributed by atoms with E-state index in [2.05, 4.69) is 74.5 Å². The van der Waals surface area contributed by atoms with Gasteiger partial charge in [-0.05, 0) is 48.6 Å². The van der Waals surface area contributed by atoms with Gasteiger partial charge >= 0.3 is 0 Å². The van der Waals surface area contributed by atoms with Crippen molar-refractivity contribution in [2.45, 2.75) is 79.2 Å². The molecule has 0 radical (unpaired) electrons. The minimum Gasteiger partial charge on any atom is -0.385 e. The Morgan fingerprint density at radius 3 is 2.06 bits per heavy atom. The Labute approximate surface area is 215 Å². The Hall–Kier alpha value is -2.66. The van der Waals surface area contributed by atoms with E-state index in [0.717, 1.165) is 71.4 Å². The van der Waals surface area contributed by atoms with E-state index in [1.165, 1.54) is 0 Å². The number of hydrogen-bond acceptors (Lipinski definition) is 4. The molecule has 1 aliphatic heterocycles. The van der Waals surface area contributed by atoms with Gasteiger partial charge in [-0.15, -0.1) is 0 Å². The number of benzene rings is 1. The molecule has 2 aliphatic carbocycles. The third kappa shape index (κ3) is 4.15. The van der Waals surface area contributed by atoms with Gasteiger partial charge in [-0.25, -0.2) is 0 Å². The van der Waals surface area contributed by atoms with Crippen LogP contribution in [0.2, 0.25) is 0 Å². The number of aryl methyl sites for hydroxylation is 1. The van der Waals surface area contributed by atoms with Gasteiger partial charge in [0.2, 0.25) is 0 Å². The van der Waals surface area contributed by atoms with Crippen molar-refractivity contribution in [1.29, 1.82) is 0 Å². The minimum absolute atomic E-state index is 0.107. The van der Waals surface area contributed by atoms with Crippen LogP contribution in [0.4, 0.5) is 0 Å². The fraction of sp³-hybridized carbons (Fsp3) is 0.548. The largest absolute Gasteiger partial charge is 0.385 e. The predicted molar refractivity (Wildman–Crippen MR) is 144 cm³/mol. The van der Waals surface area contributed by atoms with E-state index >= 15 is 0 Å². The maximum Gasteiger partial charge on any atom is 0.162 e. The molecule has 2 aromatic rings. The molecule has 192 valence electrons. The van der Waals surface area contributed by atoms with Gasteiger partial charge in [-0.1, -0.05) is 45.9 Å². The lowest BCUT2D eigenvalue weighted by Gasteiger charge is -2.49. The average molecular weight is 489 g/mol. The van der Waals surface area contributed by atoms with Crippen molar-refractivity contribution < 1.29 is 14.3 Å². The molecule has 0 saturated heterocycles. The Kier molecular flexibility index (Phi) is 6.27. The average Bonchev–Trinajstić information content (AvgIpc) is 3.16.